The number of para-hydroxylation sites is 2. The molecule has 0 radical (unpaired) electrons. The molecular weight excluding hydrogens is 356 g/mol. The molecule has 0 aliphatic carbocycles. The number of nitrogens with zero attached hydrogens (tertiary/aromatic N) is 2. The van der Waals surface area contributed by atoms with Crippen LogP contribution in [-0.2, 0) is 0 Å². The van der Waals surface area contributed by atoms with Gasteiger partial charge in [-0.2, -0.15) is 0 Å². The van der Waals surface area contributed by atoms with Crippen molar-refractivity contribution in [1.29, 1.82) is 0 Å². The van der Waals surface area contributed by atoms with Gasteiger partial charge in [0.1, 0.15) is 5.75 Å². The fraction of sp³-hybridized carbons (Fsp3) is 0.227. The first-order chi connectivity index (χ1) is 13.3. The van der Waals surface area contributed by atoms with Crippen molar-refractivity contribution in [2.24, 2.45) is 0 Å². The third-order valence-corrected chi connectivity index (χ3v) is 5.84. The van der Waals surface area contributed by atoms with E-state index >= 15 is 0 Å². The van der Waals surface area contributed by atoms with Gasteiger partial charge in [-0.1, -0.05) is 42.5 Å². The second-order valence-corrected chi connectivity index (χ2v) is 7.40. The van der Waals surface area contributed by atoms with Crippen LogP contribution >= 0.6 is 11.3 Å². The van der Waals surface area contributed by atoms with E-state index in [-0.39, 0.29) is 5.91 Å². The van der Waals surface area contributed by atoms with Crippen molar-refractivity contribution in [3.63, 3.8) is 0 Å². The molecule has 1 aliphatic rings. The summed E-state index contributed by atoms with van der Waals surface area (Å²) in [4.78, 5) is 18.2. The summed E-state index contributed by atoms with van der Waals surface area (Å²) in [6, 6.07) is 20.2. The minimum atomic E-state index is 0.128. The number of hydrogen-bond donors (Lipinski definition) is 0. The van der Waals surface area contributed by atoms with Crippen molar-refractivity contribution >= 4 is 22.9 Å². The number of methoxy groups -OCH3 is 1. The van der Waals surface area contributed by atoms with E-state index in [1.54, 1.807) is 7.11 Å². The third kappa shape index (κ3) is 3.55. The van der Waals surface area contributed by atoms with Crippen LogP contribution in [0.5, 0.6) is 5.75 Å². The summed E-state index contributed by atoms with van der Waals surface area (Å²) in [6.07, 6.45) is 0. The quantitative estimate of drug-likeness (QED) is 0.675. The molecule has 2 aromatic carbocycles. The Morgan fingerprint density at radius 2 is 1.63 bits per heavy atom. The number of amides is 1. The third-order valence-electron chi connectivity index (χ3n) is 4.94. The van der Waals surface area contributed by atoms with Crippen molar-refractivity contribution in [3.05, 3.63) is 70.9 Å². The Bertz CT molecular complexity index is 915. The molecule has 1 aromatic heterocycles. The lowest BCUT2D eigenvalue weighted by Gasteiger charge is -2.36. The van der Waals surface area contributed by atoms with Crippen LogP contribution in [0.4, 0.5) is 5.69 Å². The van der Waals surface area contributed by atoms with Gasteiger partial charge in [0, 0.05) is 31.7 Å². The standard InChI is InChI=1S/C22H22N2O2S/c1-26-20-10-6-5-9-19(20)23-12-14-24(15-13-23)22(25)21-18(11-16-27-21)17-7-3-2-4-8-17/h2-11,16H,12-15H2,1H3. The van der Waals surface area contributed by atoms with Crippen LogP contribution in [-0.4, -0.2) is 44.1 Å². The highest BCUT2D eigenvalue weighted by atomic mass is 32.1. The summed E-state index contributed by atoms with van der Waals surface area (Å²) in [6.45, 7) is 3.03. The van der Waals surface area contributed by atoms with Crippen molar-refractivity contribution in [2.45, 2.75) is 0 Å². The van der Waals surface area contributed by atoms with Gasteiger partial charge in [0.25, 0.3) is 5.91 Å². The molecule has 0 unspecified atom stereocenters. The molecule has 1 aliphatic heterocycles. The zero-order valence-corrected chi connectivity index (χ0v) is 16.1. The molecule has 0 N–H and O–H groups in total. The number of rotatable bonds is 4. The number of hydrogen-bond acceptors (Lipinski definition) is 4. The molecule has 0 spiro atoms. The van der Waals surface area contributed by atoms with Crippen LogP contribution in [0.2, 0.25) is 0 Å². The number of carbonyl (C=O) groups is 1. The molecule has 4 nitrogen and oxygen atoms in total. The van der Waals surface area contributed by atoms with E-state index < -0.39 is 0 Å². The number of benzene rings is 2. The first kappa shape index (κ1) is 17.6. The fourth-order valence-electron chi connectivity index (χ4n) is 3.50. The Hall–Kier alpha value is -2.79. The Kier molecular flexibility index (Phi) is 5.12. The number of piperazine rings is 1. The van der Waals surface area contributed by atoms with Crippen LogP contribution < -0.4 is 9.64 Å². The van der Waals surface area contributed by atoms with Gasteiger partial charge in [-0.05, 0) is 29.1 Å². The Morgan fingerprint density at radius 1 is 0.926 bits per heavy atom. The highest BCUT2D eigenvalue weighted by Crippen LogP contribution is 2.31. The van der Waals surface area contributed by atoms with Gasteiger partial charge in [0.2, 0.25) is 0 Å². The van der Waals surface area contributed by atoms with E-state index in [0.717, 1.165) is 40.5 Å². The molecular formula is C22H22N2O2S. The second kappa shape index (κ2) is 7.84. The largest absolute Gasteiger partial charge is 0.495 e. The summed E-state index contributed by atoms with van der Waals surface area (Å²) < 4.78 is 5.48. The molecule has 3 aromatic rings. The molecule has 0 bridgehead atoms. The Labute approximate surface area is 163 Å². The number of thiophene rings is 1. The van der Waals surface area contributed by atoms with Crippen molar-refractivity contribution in [2.75, 3.05) is 38.2 Å². The Balaban J connectivity index is 1.48. The smallest absolute Gasteiger partial charge is 0.264 e. The second-order valence-electron chi connectivity index (χ2n) is 6.48. The topological polar surface area (TPSA) is 32.8 Å². The molecule has 0 atom stereocenters. The van der Waals surface area contributed by atoms with Crippen LogP contribution in [0, 0.1) is 0 Å². The van der Waals surface area contributed by atoms with Crippen LogP contribution in [0.1, 0.15) is 9.67 Å². The maximum atomic E-state index is 13.1. The predicted molar refractivity (Wildman–Crippen MR) is 111 cm³/mol. The van der Waals surface area contributed by atoms with Gasteiger partial charge in [-0.15, -0.1) is 11.3 Å². The van der Waals surface area contributed by atoms with Gasteiger partial charge in [0.15, 0.2) is 0 Å². The predicted octanol–water partition coefficient (Wildman–Crippen LogP) is 4.39. The molecule has 1 amide bonds. The normalized spacial score (nSPS) is 14.3. The minimum Gasteiger partial charge on any atom is -0.495 e. The zero-order chi connectivity index (χ0) is 18.6. The summed E-state index contributed by atoms with van der Waals surface area (Å²) >= 11 is 1.52. The van der Waals surface area contributed by atoms with Gasteiger partial charge in [0.05, 0.1) is 17.7 Å². The molecule has 138 valence electrons. The summed E-state index contributed by atoms with van der Waals surface area (Å²) in [7, 11) is 1.69. The summed E-state index contributed by atoms with van der Waals surface area (Å²) in [5.74, 6) is 1.01. The lowest BCUT2D eigenvalue weighted by atomic mass is 10.1. The van der Waals surface area contributed by atoms with Crippen molar-refractivity contribution < 1.29 is 9.53 Å². The van der Waals surface area contributed by atoms with Gasteiger partial charge in [-0.3, -0.25) is 4.79 Å². The molecule has 27 heavy (non-hydrogen) atoms. The monoisotopic (exact) mass is 378 g/mol. The van der Waals surface area contributed by atoms with Crippen molar-refractivity contribution in [1.82, 2.24) is 4.90 Å². The summed E-state index contributed by atoms with van der Waals surface area (Å²) in [5.41, 5.74) is 3.21. The molecule has 2 heterocycles. The van der Waals surface area contributed by atoms with E-state index in [4.69, 9.17) is 4.74 Å². The lowest BCUT2D eigenvalue weighted by Crippen LogP contribution is -2.48. The highest BCUT2D eigenvalue weighted by molar-refractivity contribution is 7.12. The average molecular weight is 378 g/mol. The van der Waals surface area contributed by atoms with Gasteiger partial charge in [-0.25, -0.2) is 0 Å². The number of ether oxygens (including phenoxy) is 1. The molecule has 4 rings (SSSR count). The first-order valence-electron chi connectivity index (χ1n) is 9.08. The van der Waals surface area contributed by atoms with E-state index in [1.165, 1.54) is 11.3 Å². The maximum Gasteiger partial charge on any atom is 0.264 e. The van der Waals surface area contributed by atoms with Crippen LogP contribution in [0.15, 0.2) is 66.0 Å². The zero-order valence-electron chi connectivity index (χ0n) is 15.3. The van der Waals surface area contributed by atoms with E-state index in [0.29, 0.717) is 13.1 Å². The highest BCUT2D eigenvalue weighted by Gasteiger charge is 2.26. The molecule has 0 saturated carbocycles. The Morgan fingerprint density at radius 3 is 2.37 bits per heavy atom. The van der Waals surface area contributed by atoms with Gasteiger partial charge >= 0.3 is 0 Å². The SMILES string of the molecule is COc1ccccc1N1CCN(C(=O)c2sccc2-c2ccccc2)CC1. The lowest BCUT2D eigenvalue weighted by molar-refractivity contribution is 0.0752. The van der Waals surface area contributed by atoms with Crippen LogP contribution in [0.3, 0.4) is 0 Å². The molecule has 5 heteroatoms. The van der Waals surface area contributed by atoms with Crippen LogP contribution in [0.25, 0.3) is 11.1 Å². The first-order valence-corrected chi connectivity index (χ1v) is 9.96. The fourth-order valence-corrected chi connectivity index (χ4v) is 4.39. The van der Waals surface area contributed by atoms with Crippen molar-refractivity contribution in [3.8, 4) is 16.9 Å². The van der Waals surface area contributed by atoms with Gasteiger partial charge < -0.3 is 14.5 Å². The molecule has 1 saturated heterocycles. The number of carbonyl (C=O) groups excluding carboxylic acids is 1. The minimum absolute atomic E-state index is 0.128. The maximum absolute atomic E-state index is 13.1. The van der Waals surface area contributed by atoms with E-state index in [9.17, 15) is 4.79 Å². The molecule has 1 fully saturated rings. The number of anilines is 1. The van der Waals surface area contributed by atoms with E-state index in [1.807, 2.05) is 52.7 Å². The average Bonchev–Trinajstić information content (AvgIpc) is 3.24. The van der Waals surface area contributed by atoms with E-state index in [2.05, 4.69) is 23.1 Å². The summed E-state index contributed by atoms with van der Waals surface area (Å²) in [5, 5.41) is 2.00.